The van der Waals surface area contributed by atoms with E-state index in [1.54, 1.807) is 6.92 Å². The average molecular weight is 582 g/mol. The summed E-state index contributed by atoms with van der Waals surface area (Å²) in [6.07, 6.45) is -2.32. The quantitative estimate of drug-likeness (QED) is 0.162. The Morgan fingerprint density at radius 1 is 0.854 bits per heavy atom. The summed E-state index contributed by atoms with van der Waals surface area (Å²) in [6, 6.07) is 4.18. The second kappa shape index (κ2) is 15.0. The molecule has 0 heterocycles. The molecule has 0 aliphatic heterocycles. The number of hydrogen-bond acceptors (Lipinski definition) is 10. The Kier molecular flexibility index (Phi) is 13.1. The molecule has 0 amide bonds. The summed E-state index contributed by atoms with van der Waals surface area (Å²) in [4.78, 5) is 49.1. The Morgan fingerprint density at radius 3 is 1.83 bits per heavy atom. The van der Waals surface area contributed by atoms with Gasteiger partial charge in [0.25, 0.3) is 0 Å². The van der Waals surface area contributed by atoms with Gasteiger partial charge in [-0.15, -0.1) is 0 Å². The van der Waals surface area contributed by atoms with Gasteiger partial charge in [0.1, 0.15) is 11.6 Å². The van der Waals surface area contributed by atoms with Crippen LogP contribution < -0.4 is 15.2 Å². The topological polar surface area (TPSA) is 161 Å². The summed E-state index contributed by atoms with van der Waals surface area (Å²) < 4.78 is 26.3. The zero-order valence-electron chi connectivity index (χ0n) is 25.8. The first-order valence-corrected chi connectivity index (χ1v) is 13.7. The van der Waals surface area contributed by atoms with Crippen molar-refractivity contribution in [3.63, 3.8) is 0 Å². The highest BCUT2D eigenvalue weighted by Crippen LogP contribution is 2.32. The van der Waals surface area contributed by atoms with Crippen molar-refractivity contribution in [2.24, 2.45) is 22.5 Å². The van der Waals surface area contributed by atoms with Crippen molar-refractivity contribution >= 4 is 24.2 Å². The van der Waals surface area contributed by atoms with E-state index in [2.05, 4.69) is 0 Å². The lowest BCUT2D eigenvalue weighted by molar-refractivity contribution is -0.153. The molecular weight excluding hydrogens is 534 g/mol. The molecule has 11 nitrogen and oxygen atoms in total. The van der Waals surface area contributed by atoms with Crippen molar-refractivity contribution in [2.75, 3.05) is 13.2 Å². The maximum absolute atomic E-state index is 12.4. The fraction of sp³-hybridized carbons (Fsp3) is 0.667. The number of esters is 1. The minimum absolute atomic E-state index is 0.0635. The molecule has 1 rings (SSSR count). The summed E-state index contributed by atoms with van der Waals surface area (Å²) >= 11 is 0. The number of aliphatic carboxylic acids is 1. The molecule has 0 aliphatic rings. The van der Waals surface area contributed by atoms with Gasteiger partial charge in [-0.2, -0.15) is 0 Å². The normalized spacial score (nSPS) is 14.0. The Morgan fingerprint density at radius 2 is 1.37 bits per heavy atom. The van der Waals surface area contributed by atoms with E-state index in [-0.39, 0.29) is 54.8 Å². The second-order valence-corrected chi connectivity index (χ2v) is 13.3. The zero-order valence-corrected chi connectivity index (χ0v) is 25.8. The third-order valence-electron chi connectivity index (χ3n) is 5.50. The number of ether oxygens (including phenoxy) is 5. The number of benzene rings is 1. The standard InChI is InChI=1S/C30H47NO10/c1-19(2)10-13-24(32)39-20(3)15-30(31,25(33)34)16-21-11-12-22(40-26(35)37-17-28(4,5)6)23(14-21)41-27(36)38-18-29(7,8)9/h11-12,14,19-20H,10,13,15-18,31H2,1-9H3,(H,33,34)/t20-,30?/m0/s1. The van der Waals surface area contributed by atoms with Gasteiger partial charge in [-0.25, -0.2) is 9.59 Å². The summed E-state index contributed by atoms with van der Waals surface area (Å²) in [5.41, 5.74) is 4.20. The molecule has 3 N–H and O–H groups in total. The third-order valence-corrected chi connectivity index (χ3v) is 5.50. The molecule has 1 unspecified atom stereocenters. The lowest BCUT2D eigenvalue weighted by Crippen LogP contribution is -2.52. The molecule has 1 aromatic carbocycles. The number of carbonyl (C=O) groups is 4. The first kappa shape index (κ1) is 35.7. The molecule has 0 radical (unpaired) electrons. The maximum atomic E-state index is 12.4. The fourth-order valence-corrected chi connectivity index (χ4v) is 3.46. The van der Waals surface area contributed by atoms with Gasteiger partial charge in [-0.1, -0.05) is 61.5 Å². The lowest BCUT2D eigenvalue weighted by Gasteiger charge is -2.28. The van der Waals surface area contributed by atoms with E-state index >= 15 is 0 Å². The smallest absolute Gasteiger partial charge is 0.480 e. The van der Waals surface area contributed by atoms with Crippen molar-refractivity contribution in [2.45, 2.75) is 99.6 Å². The van der Waals surface area contributed by atoms with E-state index in [4.69, 9.17) is 29.4 Å². The highest BCUT2D eigenvalue weighted by atomic mass is 16.7. The number of carboxylic acids is 1. The highest BCUT2D eigenvalue weighted by molar-refractivity contribution is 5.79. The van der Waals surface area contributed by atoms with Crippen molar-refractivity contribution in [1.29, 1.82) is 0 Å². The molecule has 2 atom stereocenters. The first-order chi connectivity index (χ1) is 18.7. The summed E-state index contributed by atoms with van der Waals surface area (Å²) in [5, 5.41) is 9.96. The van der Waals surface area contributed by atoms with Gasteiger partial charge in [0.05, 0.1) is 13.2 Å². The Labute approximate surface area is 243 Å². The number of nitrogens with two attached hydrogens (primary N) is 1. The van der Waals surface area contributed by atoms with Crippen LogP contribution in [-0.4, -0.2) is 54.2 Å². The Balaban J connectivity index is 3.17. The third kappa shape index (κ3) is 14.7. The molecule has 232 valence electrons. The molecular formula is C30H47NO10. The van der Waals surface area contributed by atoms with Crippen LogP contribution >= 0.6 is 0 Å². The van der Waals surface area contributed by atoms with Crippen LogP contribution in [0.25, 0.3) is 0 Å². The van der Waals surface area contributed by atoms with Crippen LogP contribution in [0, 0.1) is 16.7 Å². The lowest BCUT2D eigenvalue weighted by atomic mass is 9.86. The summed E-state index contributed by atoms with van der Waals surface area (Å²) in [5.74, 6) is -1.73. The van der Waals surface area contributed by atoms with Gasteiger partial charge < -0.3 is 34.5 Å². The molecule has 0 spiro atoms. The molecule has 1 aromatic rings. The largest absolute Gasteiger partial charge is 0.513 e. The molecule has 41 heavy (non-hydrogen) atoms. The van der Waals surface area contributed by atoms with Gasteiger partial charge in [-0.05, 0) is 47.8 Å². The van der Waals surface area contributed by atoms with Gasteiger partial charge >= 0.3 is 24.2 Å². The molecule has 0 saturated carbocycles. The Hall–Kier alpha value is -3.34. The van der Waals surface area contributed by atoms with Gasteiger partial charge in [0.2, 0.25) is 0 Å². The first-order valence-electron chi connectivity index (χ1n) is 13.7. The van der Waals surface area contributed by atoms with Crippen LogP contribution in [-0.2, 0) is 30.2 Å². The molecule has 0 saturated heterocycles. The molecule has 0 bridgehead atoms. The number of carbonyl (C=O) groups excluding carboxylic acids is 3. The van der Waals surface area contributed by atoms with Gasteiger partial charge in [0.15, 0.2) is 11.5 Å². The Bertz CT molecular complexity index is 1050. The predicted molar refractivity (Wildman–Crippen MR) is 152 cm³/mol. The molecule has 0 aromatic heterocycles. The van der Waals surface area contributed by atoms with E-state index in [0.29, 0.717) is 17.9 Å². The van der Waals surface area contributed by atoms with Crippen LogP contribution in [0.15, 0.2) is 18.2 Å². The minimum atomic E-state index is -1.82. The van der Waals surface area contributed by atoms with Crippen molar-refractivity contribution in [1.82, 2.24) is 0 Å². The van der Waals surface area contributed by atoms with Crippen molar-refractivity contribution < 1.29 is 48.0 Å². The van der Waals surface area contributed by atoms with Crippen LogP contribution in [0.4, 0.5) is 9.59 Å². The second-order valence-electron chi connectivity index (χ2n) is 13.3. The number of carboxylic acid groups (broad SMARTS) is 1. The molecule has 11 heteroatoms. The van der Waals surface area contributed by atoms with Crippen LogP contribution in [0.1, 0.15) is 87.1 Å². The van der Waals surface area contributed by atoms with E-state index in [1.807, 2.05) is 55.4 Å². The maximum Gasteiger partial charge on any atom is 0.513 e. The van der Waals surface area contributed by atoms with Crippen molar-refractivity contribution in [3.8, 4) is 11.5 Å². The van der Waals surface area contributed by atoms with Gasteiger partial charge in [0, 0.05) is 19.3 Å². The zero-order chi connectivity index (χ0) is 31.6. The highest BCUT2D eigenvalue weighted by Gasteiger charge is 2.37. The SMILES string of the molecule is CC(C)CCC(=O)O[C@@H](C)CC(N)(Cc1ccc(OC(=O)OCC(C)(C)C)c(OC(=O)OCC(C)(C)C)c1)C(=O)O. The van der Waals surface area contributed by atoms with E-state index < -0.39 is 35.9 Å². The average Bonchev–Trinajstić information content (AvgIpc) is 2.80. The number of rotatable bonds is 13. The minimum Gasteiger partial charge on any atom is -0.480 e. The monoisotopic (exact) mass is 581 g/mol. The van der Waals surface area contributed by atoms with E-state index in [1.165, 1.54) is 18.2 Å². The van der Waals surface area contributed by atoms with Crippen LogP contribution in [0.2, 0.25) is 0 Å². The predicted octanol–water partition coefficient (Wildman–Crippen LogP) is 5.89. The van der Waals surface area contributed by atoms with Crippen LogP contribution in [0.3, 0.4) is 0 Å². The summed E-state index contributed by atoms with van der Waals surface area (Å²) in [7, 11) is 0. The molecule has 0 aliphatic carbocycles. The van der Waals surface area contributed by atoms with E-state index in [9.17, 15) is 24.3 Å². The number of hydrogen-bond donors (Lipinski definition) is 2. The molecule has 0 fully saturated rings. The summed E-state index contributed by atoms with van der Waals surface area (Å²) in [6.45, 7) is 17.0. The van der Waals surface area contributed by atoms with Gasteiger partial charge in [-0.3, -0.25) is 9.59 Å². The van der Waals surface area contributed by atoms with E-state index in [0.717, 1.165) is 0 Å². The van der Waals surface area contributed by atoms with Crippen molar-refractivity contribution in [3.05, 3.63) is 23.8 Å². The van der Waals surface area contributed by atoms with Crippen LogP contribution in [0.5, 0.6) is 11.5 Å². The fourth-order valence-electron chi connectivity index (χ4n) is 3.46.